The fourth-order valence-corrected chi connectivity index (χ4v) is 2.54. The van der Waals surface area contributed by atoms with E-state index in [1.165, 1.54) is 18.4 Å². The van der Waals surface area contributed by atoms with Gasteiger partial charge in [-0.25, -0.2) is 5.84 Å². The SMILES string of the molecule is COc1cc(C#N)ccc1OCc1ccsc1C(=O)NN. The van der Waals surface area contributed by atoms with Gasteiger partial charge in [0.15, 0.2) is 11.5 Å². The van der Waals surface area contributed by atoms with Gasteiger partial charge in [0.05, 0.1) is 23.6 Å². The molecule has 0 radical (unpaired) electrons. The Morgan fingerprint density at radius 1 is 1.43 bits per heavy atom. The summed E-state index contributed by atoms with van der Waals surface area (Å²) in [5, 5.41) is 10.6. The van der Waals surface area contributed by atoms with Gasteiger partial charge in [-0.3, -0.25) is 10.2 Å². The van der Waals surface area contributed by atoms with Crippen LogP contribution in [-0.4, -0.2) is 13.0 Å². The number of nitrogens with zero attached hydrogens (tertiary/aromatic N) is 1. The summed E-state index contributed by atoms with van der Waals surface area (Å²) in [7, 11) is 1.50. The third kappa shape index (κ3) is 3.31. The number of carbonyl (C=O) groups excluding carboxylic acids is 1. The molecule has 0 unspecified atom stereocenters. The average Bonchev–Trinajstić information content (AvgIpc) is 3.00. The molecule has 0 saturated carbocycles. The van der Waals surface area contributed by atoms with E-state index in [4.69, 9.17) is 20.6 Å². The average molecular weight is 303 g/mol. The first kappa shape index (κ1) is 14.8. The summed E-state index contributed by atoms with van der Waals surface area (Å²) in [4.78, 5) is 12.1. The van der Waals surface area contributed by atoms with Crippen LogP contribution in [0.2, 0.25) is 0 Å². The monoisotopic (exact) mass is 303 g/mol. The third-order valence-electron chi connectivity index (χ3n) is 2.76. The number of rotatable bonds is 5. The molecule has 0 bridgehead atoms. The number of hydrogen-bond acceptors (Lipinski definition) is 6. The highest BCUT2D eigenvalue weighted by Crippen LogP contribution is 2.29. The Morgan fingerprint density at radius 3 is 2.90 bits per heavy atom. The predicted octanol–water partition coefficient (Wildman–Crippen LogP) is 1.81. The van der Waals surface area contributed by atoms with Crippen molar-refractivity contribution in [3.63, 3.8) is 0 Å². The van der Waals surface area contributed by atoms with Gasteiger partial charge in [0.1, 0.15) is 6.61 Å². The van der Waals surface area contributed by atoms with Crippen LogP contribution >= 0.6 is 11.3 Å². The van der Waals surface area contributed by atoms with Crippen molar-refractivity contribution in [2.24, 2.45) is 5.84 Å². The normalized spacial score (nSPS) is 9.76. The number of nitrogen functional groups attached to an aromatic ring is 1. The lowest BCUT2D eigenvalue weighted by atomic mass is 10.2. The summed E-state index contributed by atoms with van der Waals surface area (Å²) in [6.07, 6.45) is 0. The van der Waals surface area contributed by atoms with E-state index in [1.54, 1.807) is 29.6 Å². The Labute approximate surface area is 125 Å². The number of amides is 1. The molecule has 0 aliphatic rings. The number of benzene rings is 1. The summed E-state index contributed by atoms with van der Waals surface area (Å²) < 4.78 is 10.8. The highest BCUT2D eigenvalue weighted by Gasteiger charge is 2.13. The van der Waals surface area contributed by atoms with Crippen LogP contribution in [0.3, 0.4) is 0 Å². The van der Waals surface area contributed by atoms with E-state index in [1.807, 2.05) is 6.07 Å². The Balaban J connectivity index is 2.16. The Kier molecular flexibility index (Phi) is 4.77. The van der Waals surface area contributed by atoms with E-state index in [0.29, 0.717) is 21.9 Å². The Hall–Kier alpha value is -2.56. The zero-order valence-corrected chi connectivity index (χ0v) is 12.1. The van der Waals surface area contributed by atoms with Crippen LogP contribution in [0, 0.1) is 11.3 Å². The van der Waals surface area contributed by atoms with Crippen molar-refractivity contribution < 1.29 is 14.3 Å². The standard InChI is InChI=1S/C14H13N3O3S/c1-19-12-6-9(7-15)2-3-11(12)20-8-10-4-5-21-13(10)14(18)17-16/h2-6H,8,16H2,1H3,(H,17,18). The van der Waals surface area contributed by atoms with Crippen molar-refractivity contribution in [3.05, 3.63) is 45.6 Å². The number of hydrogen-bond donors (Lipinski definition) is 2. The van der Waals surface area contributed by atoms with Gasteiger partial charge in [-0.15, -0.1) is 11.3 Å². The quantitative estimate of drug-likeness (QED) is 0.499. The molecular weight excluding hydrogens is 290 g/mol. The van der Waals surface area contributed by atoms with Crippen LogP contribution in [0.15, 0.2) is 29.6 Å². The van der Waals surface area contributed by atoms with Crippen molar-refractivity contribution in [1.82, 2.24) is 5.43 Å². The fraction of sp³-hybridized carbons (Fsp3) is 0.143. The lowest BCUT2D eigenvalue weighted by Gasteiger charge is -2.11. The molecule has 108 valence electrons. The molecule has 0 aliphatic heterocycles. The molecule has 2 aromatic rings. The van der Waals surface area contributed by atoms with Gasteiger partial charge < -0.3 is 9.47 Å². The fourth-order valence-electron chi connectivity index (χ4n) is 1.73. The number of nitrogens with two attached hydrogens (primary N) is 1. The highest BCUT2D eigenvalue weighted by atomic mass is 32.1. The van der Waals surface area contributed by atoms with Crippen LogP contribution < -0.4 is 20.7 Å². The molecule has 2 rings (SSSR count). The minimum atomic E-state index is -0.351. The second kappa shape index (κ2) is 6.74. The van der Waals surface area contributed by atoms with Gasteiger partial charge in [-0.1, -0.05) is 0 Å². The van der Waals surface area contributed by atoms with E-state index in [9.17, 15) is 4.79 Å². The van der Waals surface area contributed by atoms with Crippen LogP contribution in [0.1, 0.15) is 20.8 Å². The molecule has 7 heteroatoms. The summed E-state index contributed by atoms with van der Waals surface area (Å²) in [5.74, 6) is 5.75. The number of carbonyl (C=O) groups is 1. The number of nitriles is 1. The summed E-state index contributed by atoms with van der Waals surface area (Å²) >= 11 is 1.29. The van der Waals surface area contributed by atoms with Gasteiger partial charge in [-0.05, 0) is 23.6 Å². The Bertz CT molecular complexity index is 691. The first-order valence-electron chi connectivity index (χ1n) is 5.97. The number of ether oxygens (including phenoxy) is 2. The minimum Gasteiger partial charge on any atom is -0.493 e. The number of hydrazine groups is 1. The van der Waals surface area contributed by atoms with Crippen molar-refractivity contribution in [2.75, 3.05) is 7.11 Å². The number of nitrogens with one attached hydrogen (secondary N) is 1. The second-order valence-corrected chi connectivity index (χ2v) is 4.93. The molecule has 6 nitrogen and oxygen atoms in total. The highest BCUT2D eigenvalue weighted by molar-refractivity contribution is 7.12. The molecule has 1 aromatic carbocycles. The van der Waals surface area contributed by atoms with Gasteiger partial charge in [0, 0.05) is 11.6 Å². The maximum atomic E-state index is 11.6. The summed E-state index contributed by atoms with van der Waals surface area (Å²) in [6.45, 7) is 0.203. The topological polar surface area (TPSA) is 97.4 Å². The third-order valence-corrected chi connectivity index (χ3v) is 3.72. The molecule has 0 aliphatic carbocycles. The van der Waals surface area contributed by atoms with E-state index >= 15 is 0 Å². The summed E-state index contributed by atoms with van der Waals surface area (Å²) in [5.41, 5.74) is 3.31. The van der Waals surface area contributed by atoms with E-state index in [2.05, 4.69) is 5.43 Å². The molecule has 0 atom stereocenters. The van der Waals surface area contributed by atoms with Crippen molar-refractivity contribution in [3.8, 4) is 17.6 Å². The first-order chi connectivity index (χ1) is 10.2. The Morgan fingerprint density at radius 2 is 2.24 bits per heavy atom. The van der Waals surface area contributed by atoms with Crippen LogP contribution in [0.25, 0.3) is 0 Å². The molecule has 0 spiro atoms. The number of methoxy groups -OCH3 is 1. The van der Waals surface area contributed by atoms with Crippen molar-refractivity contribution in [1.29, 1.82) is 5.26 Å². The van der Waals surface area contributed by atoms with Crippen LogP contribution in [0.4, 0.5) is 0 Å². The molecule has 3 N–H and O–H groups in total. The van der Waals surface area contributed by atoms with E-state index < -0.39 is 0 Å². The van der Waals surface area contributed by atoms with Crippen molar-refractivity contribution in [2.45, 2.75) is 6.61 Å². The van der Waals surface area contributed by atoms with Crippen LogP contribution in [-0.2, 0) is 6.61 Å². The molecule has 0 saturated heterocycles. The summed E-state index contributed by atoms with van der Waals surface area (Å²) in [6, 6.07) is 8.72. The molecule has 1 aromatic heterocycles. The smallest absolute Gasteiger partial charge is 0.275 e. The maximum Gasteiger partial charge on any atom is 0.275 e. The lowest BCUT2D eigenvalue weighted by molar-refractivity contribution is 0.0955. The van der Waals surface area contributed by atoms with Crippen molar-refractivity contribution >= 4 is 17.2 Å². The largest absolute Gasteiger partial charge is 0.493 e. The molecular formula is C14H13N3O3S. The van der Waals surface area contributed by atoms with Gasteiger partial charge in [-0.2, -0.15) is 5.26 Å². The lowest BCUT2D eigenvalue weighted by Crippen LogP contribution is -2.30. The van der Waals surface area contributed by atoms with Gasteiger partial charge in [0.2, 0.25) is 0 Å². The second-order valence-electron chi connectivity index (χ2n) is 4.01. The zero-order chi connectivity index (χ0) is 15.2. The molecule has 1 amide bonds. The molecule has 0 fully saturated rings. The molecule has 1 heterocycles. The van der Waals surface area contributed by atoms with Gasteiger partial charge >= 0.3 is 0 Å². The first-order valence-corrected chi connectivity index (χ1v) is 6.85. The number of thiophene rings is 1. The minimum absolute atomic E-state index is 0.203. The maximum absolute atomic E-state index is 11.6. The molecule has 21 heavy (non-hydrogen) atoms. The predicted molar refractivity (Wildman–Crippen MR) is 78.0 cm³/mol. The van der Waals surface area contributed by atoms with Gasteiger partial charge in [0.25, 0.3) is 5.91 Å². The van der Waals surface area contributed by atoms with E-state index in [-0.39, 0.29) is 12.5 Å². The van der Waals surface area contributed by atoms with E-state index in [0.717, 1.165) is 5.56 Å². The van der Waals surface area contributed by atoms with Crippen LogP contribution in [0.5, 0.6) is 11.5 Å². The zero-order valence-electron chi connectivity index (χ0n) is 11.3.